The molecule has 1 aliphatic rings. The van der Waals surface area contributed by atoms with Crippen LogP contribution >= 0.6 is 23.1 Å². The van der Waals surface area contributed by atoms with Gasteiger partial charge in [0.1, 0.15) is 12.4 Å². The molecule has 0 bridgehead atoms. The molecule has 0 amide bonds. The normalized spacial score (nSPS) is 13.5. The van der Waals surface area contributed by atoms with Gasteiger partial charge >= 0.3 is 0 Å². The smallest absolute Gasteiger partial charge is 0.241 e. The summed E-state index contributed by atoms with van der Waals surface area (Å²) in [4.78, 5) is 13.8. The lowest BCUT2D eigenvalue weighted by atomic mass is 10.1. The highest BCUT2D eigenvalue weighted by molar-refractivity contribution is 7.99. The van der Waals surface area contributed by atoms with Gasteiger partial charge in [0.2, 0.25) is 4.74 Å². The molecule has 4 rings (SSSR count). The molecule has 0 spiro atoms. The Hall–Kier alpha value is -2.04. The van der Waals surface area contributed by atoms with Crippen molar-refractivity contribution >= 4 is 38.8 Å². The van der Waals surface area contributed by atoms with Gasteiger partial charge in [0.25, 0.3) is 0 Å². The molecular formula is C20H16O2S2. The van der Waals surface area contributed by atoms with E-state index in [4.69, 9.17) is 4.74 Å². The van der Waals surface area contributed by atoms with Crippen molar-refractivity contribution in [3.63, 3.8) is 0 Å². The maximum atomic E-state index is 12.7. The molecule has 0 N–H and O–H groups in total. The Morgan fingerprint density at radius 1 is 1.08 bits per heavy atom. The first-order valence-corrected chi connectivity index (χ1v) is 9.61. The number of para-hydroxylation sites is 1. The van der Waals surface area contributed by atoms with E-state index in [-0.39, 0.29) is 4.74 Å². The fourth-order valence-electron chi connectivity index (χ4n) is 2.88. The van der Waals surface area contributed by atoms with E-state index < -0.39 is 0 Å². The average Bonchev–Trinajstić information content (AvgIpc) is 2.61. The molecule has 0 aliphatic carbocycles. The number of ether oxygens (including phenoxy) is 1. The third-order valence-corrected chi connectivity index (χ3v) is 6.13. The van der Waals surface area contributed by atoms with Crippen molar-refractivity contribution in [3.05, 3.63) is 75.3 Å². The average molecular weight is 352 g/mol. The summed E-state index contributed by atoms with van der Waals surface area (Å²) in [6.07, 6.45) is 2.12. The van der Waals surface area contributed by atoms with Gasteiger partial charge < -0.3 is 4.74 Å². The molecule has 4 heteroatoms. The maximum Gasteiger partial charge on any atom is 0.241 e. The Morgan fingerprint density at radius 2 is 1.88 bits per heavy atom. The fourth-order valence-corrected chi connectivity index (χ4v) is 5.12. The minimum atomic E-state index is 0.121. The summed E-state index contributed by atoms with van der Waals surface area (Å²) in [5.41, 5.74) is 2.93. The highest BCUT2D eigenvalue weighted by Gasteiger charge is 2.20. The molecule has 0 fully saturated rings. The monoisotopic (exact) mass is 352 g/mol. The maximum absolute atomic E-state index is 12.7. The zero-order valence-electron chi connectivity index (χ0n) is 13.2. The van der Waals surface area contributed by atoms with E-state index in [2.05, 4.69) is 12.1 Å². The summed E-state index contributed by atoms with van der Waals surface area (Å²) in [5.74, 6) is 1.74. The van der Waals surface area contributed by atoms with Crippen LogP contribution in [0, 0.1) is 6.92 Å². The molecule has 0 atom stereocenters. The van der Waals surface area contributed by atoms with Crippen molar-refractivity contribution in [2.45, 2.75) is 11.8 Å². The lowest BCUT2D eigenvalue weighted by molar-refractivity contribution is 0.366. The van der Waals surface area contributed by atoms with Crippen LogP contribution < -0.4 is 9.48 Å². The molecule has 0 radical (unpaired) electrons. The molecule has 2 heterocycles. The van der Waals surface area contributed by atoms with Gasteiger partial charge in [0, 0.05) is 20.7 Å². The van der Waals surface area contributed by atoms with E-state index in [1.165, 1.54) is 16.7 Å². The molecule has 1 aromatic heterocycles. The zero-order valence-corrected chi connectivity index (χ0v) is 14.9. The van der Waals surface area contributed by atoms with Crippen LogP contribution in [0.15, 0.2) is 64.3 Å². The van der Waals surface area contributed by atoms with E-state index in [1.54, 1.807) is 11.8 Å². The third kappa shape index (κ3) is 2.76. The Balaban J connectivity index is 1.73. The van der Waals surface area contributed by atoms with E-state index in [0.717, 1.165) is 37.8 Å². The Morgan fingerprint density at radius 3 is 2.75 bits per heavy atom. The van der Waals surface area contributed by atoms with Gasteiger partial charge in [-0.15, -0.1) is 11.8 Å². The number of fused-ring (bicyclic) bond motifs is 3. The summed E-state index contributed by atoms with van der Waals surface area (Å²) < 4.78 is 7.16. The molecule has 120 valence electrons. The minimum absolute atomic E-state index is 0.121. The van der Waals surface area contributed by atoms with Crippen LogP contribution in [0.3, 0.4) is 0 Å². The van der Waals surface area contributed by atoms with E-state index in [1.807, 2.05) is 49.4 Å². The standard InChI is InChI=1S/C20H16O2S2/c1-13-6-2-4-8-16(13)22-12-14-10-11-23-19-15-7-3-5-9-17(15)24-20(21)18(14)19/h2-10H,11-12H2,1H3. The first-order valence-electron chi connectivity index (χ1n) is 7.80. The summed E-state index contributed by atoms with van der Waals surface area (Å²) in [6.45, 7) is 2.46. The topological polar surface area (TPSA) is 26.3 Å². The van der Waals surface area contributed by atoms with Crippen LogP contribution in [0.1, 0.15) is 11.1 Å². The largest absolute Gasteiger partial charge is 0.489 e. The van der Waals surface area contributed by atoms with Crippen LogP contribution in [0.5, 0.6) is 5.75 Å². The molecule has 2 nitrogen and oxygen atoms in total. The number of rotatable bonds is 3. The van der Waals surface area contributed by atoms with Crippen LogP contribution in [0.2, 0.25) is 0 Å². The van der Waals surface area contributed by atoms with E-state index in [9.17, 15) is 4.79 Å². The molecule has 0 saturated heterocycles. The summed E-state index contributed by atoms with van der Waals surface area (Å²) >= 11 is 3.06. The number of aryl methyl sites for hydroxylation is 1. The fraction of sp³-hybridized carbons (Fsp3) is 0.150. The second-order valence-corrected chi connectivity index (χ2v) is 7.73. The Labute approximate surface area is 148 Å². The van der Waals surface area contributed by atoms with Gasteiger partial charge in [-0.1, -0.05) is 53.8 Å². The molecule has 0 unspecified atom stereocenters. The summed E-state index contributed by atoms with van der Waals surface area (Å²) in [6, 6.07) is 16.1. The van der Waals surface area contributed by atoms with Crippen LogP contribution in [-0.4, -0.2) is 12.4 Å². The molecule has 2 aromatic carbocycles. The van der Waals surface area contributed by atoms with Gasteiger partial charge in [-0.25, -0.2) is 0 Å². The molecule has 1 aliphatic heterocycles. The van der Waals surface area contributed by atoms with E-state index >= 15 is 0 Å². The van der Waals surface area contributed by atoms with Gasteiger partial charge in [0.15, 0.2) is 0 Å². The zero-order chi connectivity index (χ0) is 16.5. The van der Waals surface area contributed by atoms with Crippen LogP contribution in [0.25, 0.3) is 15.7 Å². The SMILES string of the molecule is Cc1ccccc1OCC1=CCSc2c1c(=O)sc1ccccc21. The first-order chi connectivity index (χ1) is 11.7. The lowest BCUT2D eigenvalue weighted by Crippen LogP contribution is -2.14. The van der Waals surface area contributed by atoms with Crippen molar-refractivity contribution in [1.82, 2.24) is 0 Å². The number of hydrogen-bond donors (Lipinski definition) is 0. The highest BCUT2D eigenvalue weighted by atomic mass is 32.2. The minimum Gasteiger partial charge on any atom is -0.489 e. The highest BCUT2D eigenvalue weighted by Crippen LogP contribution is 2.38. The second-order valence-electron chi connectivity index (χ2n) is 5.68. The second kappa shape index (κ2) is 6.46. The number of hydrogen-bond acceptors (Lipinski definition) is 4. The number of thioether (sulfide) groups is 1. The predicted molar refractivity (Wildman–Crippen MR) is 103 cm³/mol. The molecule has 24 heavy (non-hydrogen) atoms. The van der Waals surface area contributed by atoms with Gasteiger partial charge in [-0.3, -0.25) is 4.79 Å². The van der Waals surface area contributed by atoms with Crippen molar-refractivity contribution in [3.8, 4) is 5.75 Å². The van der Waals surface area contributed by atoms with Crippen molar-refractivity contribution in [2.75, 3.05) is 12.4 Å². The summed E-state index contributed by atoms with van der Waals surface area (Å²) in [5, 5.41) is 1.17. The Kier molecular flexibility index (Phi) is 4.17. The van der Waals surface area contributed by atoms with Gasteiger partial charge in [0.05, 0.1) is 5.56 Å². The van der Waals surface area contributed by atoms with Crippen molar-refractivity contribution in [1.29, 1.82) is 0 Å². The van der Waals surface area contributed by atoms with E-state index in [0.29, 0.717) is 6.61 Å². The quantitative estimate of drug-likeness (QED) is 0.653. The predicted octanol–water partition coefficient (Wildman–Crippen LogP) is 5.14. The molecule has 0 saturated carbocycles. The molecular weight excluding hydrogens is 336 g/mol. The van der Waals surface area contributed by atoms with Crippen molar-refractivity contribution < 1.29 is 4.74 Å². The van der Waals surface area contributed by atoms with Crippen molar-refractivity contribution in [2.24, 2.45) is 0 Å². The van der Waals surface area contributed by atoms with Crippen LogP contribution in [-0.2, 0) is 0 Å². The first kappa shape index (κ1) is 15.5. The van der Waals surface area contributed by atoms with Gasteiger partial charge in [-0.05, 0) is 30.2 Å². The lowest BCUT2D eigenvalue weighted by Gasteiger charge is -2.19. The third-order valence-electron chi connectivity index (χ3n) is 4.12. The molecule has 3 aromatic rings. The number of benzene rings is 2. The van der Waals surface area contributed by atoms with Crippen LogP contribution in [0.4, 0.5) is 0 Å². The summed E-state index contributed by atoms with van der Waals surface area (Å²) in [7, 11) is 0. The van der Waals surface area contributed by atoms with Gasteiger partial charge in [-0.2, -0.15) is 0 Å². The Bertz CT molecular complexity index is 1000.